The van der Waals surface area contributed by atoms with E-state index in [2.05, 4.69) is 5.32 Å². The Bertz CT molecular complexity index is 530. The molecular formula is C14H18N2O4. The van der Waals surface area contributed by atoms with Gasteiger partial charge in [0.05, 0.1) is 11.7 Å². The molecule has 0 saturated carbocycles. The number of amides is 1. The first kappa shape index (κ1) is 14.3. The molecule has 4 N–H and O–H groups in total. The number of nitrogens with one attached hydrogen (secondary N) is 1. The van der Waals surface area contributed by atoms with Crippen molar-refractivity contribution in [2.45, 2.75) is 32.0 Å². The smallest absolute Gasteiger partial charge is 0.332 e. The second-order valence-corrected chi connectivity index (χ2v) is 4.96. The number of ether oxygens (including phenoxy) is 1. The number of aryl methyl sites for hydroxylation is 1. The van der Waals surface area contributed by atoms with Crippen molar-refractivity contribution < 1.29 is 19.4 Å². The molecule has 2 rings (SSSR count). The number of anilines is 1. The van der Waals surface area contributed by atoms with E-state index in [9.17, 15) is 9.59 Å². The average Bonchev–Trinajstić information content (AvgIpc) is 2.85. The first-order valence-electron chi connectivity index (χ1n) is 6.50. The van der Waals surface area contributed by atoms with Gasteiger partial charge in [-0.05, 0) is 37.5 Å². The highest BCUT2D eigenvalue weighted by molar-refractivity contribution is 5.98. The largest absolute Gasteiger partial charge is 0.479 e. The van der Waals surface area contributed by atoms with Gasteiger partial charge in [-0.3, -0.25) is 4.79 Å². The number of carbonyl (C=O) groups is 2. The highest BCUT2D eigenvalue weighted by Gasteiger charge is 2.30. The number of hydrogen-bond donors (Lipinski definition) is 3. The molecule has 1 aromatic rings. The van der Waals surface area contributed by atoms with Crippen LogP contribution >= 0.6 is 0 Å². The van der Waals surface area contributed by atoms with Gasteiger partial charge in [0.1, 0.15) is 0 Å². The third-order valence-corrected chi connectivity index (χ3v) is 3.34. The predicted octanol–water partition coefficient (Wildman–Crippen LogP) is 1.14. The van der Waals surface area contributed by atoms with Crippen molar-refractivity contribution in [2.24, 2.45) is 5.73 Å². The highest BCUT2D eigenvalue weighted by atomic mass is 16.5. The van der Waals surface area contributed by atoms with E-state index < -0.39 is 18.0 Å². The molecule has 1 aliphatic heterocycles. The maximum Gasteiger partial charge on any atom is 0.332 e. The van der Waals surface area contributed by atoms with Gasteiger partial charge in [0.2, 0.25) is 0 Å². The van der Waals surface area contributed by atoms with Gasteiger partial charge in [-0.25, -0.2) is 4.79 Å². The van der Waals surface area contributed by atoms with Crippen LogP contribution in [0, 0.1) is 6.92 Å². The molecule has 1 saturated heterocycles. The van der Waals surface area contributed by atoms with Crippen molar-refractivity contribution in [1.82, 2.24) is 0 Å². The minimum absolute atomic E-state index is 0.169. The molecule has 6 nitrogen and oxygen atoms in total. The number of nitrogens with two attached hydrogens (primary N) is 1. The molecule has 1 heterocycles. The van der Waals surface area contributed by atoms with Crippen LogP contribution in [0.2, 0.25) is 0 Å². The van der Waals surface area contributed by atoms with Crippen LogP contribution in [0.1, 0.15) is 28.8 Å². The molecular weight excluding hydrogens is 260 g/mol. The summed E-state index contributed by atoms with van der Waals surface area (Å²) in [4.78, 5) is 22.1. The van der Waals surface area contributed by atoms with Crippen molar-refractivity contribution in [3.05, 3.63) is 29.3 Å². The van der Waals surface area contributed by atoms with Crippen LogP contribution in [-0.4, -0.2) is 35.7 Å². The van der Waals surface area contributed by atoms with Gasteiger partial charge < -0.3 is 20.9 Å². The molecule has 0 radical (unpaired) electrons. The Balaban J connectivity index is 1.99. The van der Waals surface area contributed by atoms with Crippen molar-refractivity contribution in [3.63, 3.8) is 0 Å². The highest BCUT2D eigenvalue weighted by Crippen LogP contribution is 2.22. The quantitative estimate of drug-likeness (QED) is 0.749. The lowest BCUT2D eigenvalue weighted by atomic mass is 10.1. The van der Waals surface area contributed by atoms with Crippen LogP contribution < -0.4 is 11.1 Å². The van der Waals surface area contributed by atoms with Crippen LogP contribution in [0.5, 0.6) is 0 Å². The Morgan fingerprint density at radius 3 is 2.80 bits per heavy atom. The second-order valence-electron chi connectivity index (χ2n) is 4.96. The lowest BCUT2D eigenvalue weighted by Crippen LogP contribution is -2.25. The van der Waals surface area contributed by atoms with E-state index in [1.54, 1.807) is 6.07 Å². The SMILES string of the molecule is Cc1ccc(C(N)=O)c(NCC2CCC(C(=O)O)O2)c1. The molecule has 20 heavy (non-hydrogen) atoms. The minimum atomic E-state index is -0.930. The summed E-state index contributed by atoms with van der Waals surface area (Å²) in [6.45, 7) is 2.37. The molecule has 1 fully saturated rings. The van der Waals surface area contributed by atoms with Gasteiger partial charge in [0.15, 0.2) is 6.10 Å². The first-order chi connectivity index (χ1) is 9.47. The summed E-state index contributed by atoms with van der Waals surface area (Å²) >= 11 is 0. The molecule has 0 aliphatic carbocycles. The normalized spacial score (nSPS) is 21.6. The fourth-order valence-corrected chi connectivity index (χ4v) is 2.28. The van der Waals surface area contributed by atoms with E-state index in [0.29, 0.717) is 30.6 Å². The van der Waals surface area contributed by atoms with Gasteiger partial charge in [-0.2, -0.15) is 0 Å². The molecule has 1 amide bonds. The van der Waals surface area contributed by atoms with E-state index in [1.807, 2.05) is 19.1 Å². The monoisotopic (exact) mass is 278 g/mol. The van der Waals surface area contributed by atoms with Crippen molar-refractivity contribution in [3.8, 4) is 0 Å². The summed E-state index contributed by atoms with van der Waals surface area (Å²) in [5, 5.41) is 12.0. The zero-order valence-corrected chi connectivity index (χ0v) is 11.3. The molecule has 2 unspecified atom stereocenters. The molecule has 0 spiro atoms. The van der Waals surface area contributed by atoms with E-state index >= 15 is 0 Å². The zero-order valence-electron chi connectivity index (χ0n) is 11.3. The average molecular weight is 278 g/mol. The van der Waals surface area contributed by atoms with Crippen LogP contribution in [0.25, 0.3) is 0 Å². The second kappa shape index (κ2) is 5.92. The van der Waals surface area contributed by atoms with E-state index in [1.165, 1.54) is 0 Å². The van der Waals surface area contributed by atoms with E-state index in [0.717, 1.165) is 5.56 Å². The zero-order chi connectivity index (χ0) is 14.7. The standard InChI is InChI=1S/C14H18N2O4/c1-8-2-4-10(13(15)17)11(6-8)16-7-9-3-5-12(20-9)14(18)19/h2,4,6,9,12,16H,3,5,7H2,1H3,(H2,15,17)(H,18,19). The lowest BCUT2D eigenvalue weighted by molar-refractivity contribution is -0.149. The third kappa shape index (κ3) is 3.27. The fourth-order valence-electron chi connectivity index (χ4n) is 2.28. The maximum absolute atomic E-state index is 11.3. The Labute approximate surface area is 116 Å². The summed E-state index contributed by atoms with van der Waals surface area (Å²) in [5.41, 5.74) is 7.40. The molecule has 0 bridgehead atoms. The van der Waals surface area contributed by atoms with Crippen LogP contribution in [0.4, 0.5) is 5.69 Å². The van der Waals surface area contributed by atoms with Crippen molar-refractivity contribution in [2.75, 3.05) is 11.9 Å². The predicted molar refractivity (Wildman–Crippen MR) is 73.7 cm³/mol. The summed E-state index contributed by atoms with van der Waals surface area (Å²) in [6.07, 6.45) is 0.298. The van der Waals surface area contributed by atoms with E-state index in [4.69, 9.17) is 15.6 Å². The molecule has 2 atom stereocenters. The summed E-state index contributed by atoms with van der Waals surface area (Å²) < 4.78 is 5.40. The van der Waals surface area contributed by atoms with Gasteiger partial charge in [-0.15, -0.1) is 0 Å². The van der Waals surface area contributed by atoms with Gasteiger partial charge >= 0.3 is 5.97 Å². The van der Waals surface area contributed by atoms with Crippen molar-refractivity contribution in [1.29, 1.82) is 0 Å². The number of carbonyl (C=O) groups excluding carboxylic acids is 1. The summed E-state index contributed by atoms with van der Waals surface area (Å²) in [5.74, 6) is -1.43. The number of aliphatic carboxylic acids is 1. The molecule has 1 aliphatic rings. The van der Waals surface area contributed by atoms with Crippen molar-refractivity contribution >= 4 is 17.6 Å². The van der Waals surface area contributed by atoms with Crippen LogP contribution in [0.15, 0.2) is 18.2 Å². The summed E-state index contributed by atoms with van der Waals surface area (Å²) in [7, 11) is 0. The fraction of sp³-hybridized carbons (Fsp3) is 0.429. The number of carboxylic acids is 1. The van der Waals surface area contributed by atoms with E-state index in [-0.39, 0.29) is 6.10 Å². The number of benzene rings is 1. The molecule has 6 heteroatoms. The van der Waals surface area contributed by atoms with Crippen LogP contribution in [-0.2, 0) is 9.53 Å². The topological polar surface area (TPSA) is 102 Å². The Hall–Kier alpha value is -2.08. The Morgan fingerprint density at radius 2 is 2.20 bits per heavy atom. The maximum atomic E-state index is 11.3. The molecule has 108 valence electrons. The summed E-state index contributed by atoms with van der Waals surface area (Å²) in [6, 6.07) is 5.33. The van der Waals surface area contributed by atoms with Crippen LogP contribution in [0.3, 0.4) is 0 Å². The number of carboxylic acid groups (broad SMARTS) is 1. The number of rotatable bonds is 5. The van der Waals surface area contributed by atoms with Gasteiger partial charge in [0.25, 0.3) is 5.91 Å². The third-order valence-electron chi connectivity index (χ3n) is 3.34. The first-order valence-corrected chi connectivity index (χ1v) is 6.50. The minimum Gasteiger partial charge on any atom is -0.479 e. The Morgan fingerprint density at radius 1 is 1.45 bits per heavy atom. The lowest BCUT2D eigenvalue weighted by Gasteiger charge is -2.15. The Kier molecular flexibility index (Phi) is 4.24. The number of primary amides is 1. The molecule has 0 aromatic heterocycles. The number of hydrogen-bond acceptors (Lipinski definition) is 4. The van der Waals surface area contributed by atoms with Gasteiger partial charge in [-0.1, -0.05) is 6.07 Å². The van der Waals surface area contributed by atoms with Gasteiger partial charge in [0, 0.05) is 12.2 Å². The molecule has 1 aromatic carbocycles.